The van der Waals surface area contributed by atoms with Gasteiger partial charge in [0.25, 0.3) is 5.56 Å². The molecule has 1 saturated heterocycles. The number of hydrogen-bond acceptors (Lipinski definition) is 5. The van der Waals surface area contributed by atoms with E-state index in [0.717, 1.165) is 48.5 Å². The predicted molar refractivity (Wildman–Crippen MR) is 118 cm³/mol. The average molecular weight is 413 g/mol. The number of aromatic nitrogens is 3. The molecule has 0 N–H and O–H groups in total. The zero-order valence-electron chi connectivity index (χ0n) is 17.6. The summed E-state index contributed by atoms with van der Waals surface area (Å²) in [4.78, 5) is 24.2. The van der Waals surface area contributed by atoms with Crippen molar-refractivity contribution in [2.45, 2.75) is 70.1 Å². The van der Waals surface area contributed by atoms with E-state index in [4.69, 9.17) is 4.98 Å². The highest BCUT2D eigenvalue weighted by atomic mass is 32.2. The van der Waals surface area contributed by atoms with Crippen LogP contribution < -0.4 is 5.56 Å². The number of nitrogens with zero attached hydrogens (tertiary/aromatic N) is 4. The van der Waals surface area contributed by atoms with Gasteiger partial charge in [0.05, 0.1) is 5.69 Å². The second-order valence-electron chi connectivity index (χ2n) is 8.58. The lowest BCUT2D eigenvalue weighted by molar-refractivity contribution is 0.113. The van der Waals surface area contributed by atoms with Crippen molar-refractivity contribution >= 4 is 11.8 Å². The van der Waals surface area contributed by atoms with Crippen LogP contribution in [0.1, 0.15) is 62.0 Å². The van der Waals surface area contributed by atoms with Crippen molar-refractivity contribution < 1.29 is 0 Å². The van der Waals surface area contributed by atoms with Gasteiger partial charge < -0.3 is 4.57 Å². The standard InChI is InChI=1S/C23H32N4OS/c1-3-4-5-6-10-29-23-24-17(2)11-20(25-23)16-26-13-18-12-19(15-26)21-8-7-9-22(28)27(21)14-18/h7-9,11,18-19H,3-6,10,12-16H2,1-2H3/t18-,19+/m0/s1. The summed E-state index contributed by atoms with van der Waals surface area (Å²) in [6.45, 7) is 8.08. The number of aryl methyl sites for hydroxylation is 1. The minimum Gasteiger partial charge on any atom is -0.312 e. The zero-order chi connectivity index (χ0) is 20.2. The molecule has 2 bridgehead atoms. The molecule has 1 fully saturated rings. The lowest BCUT2D eigenvalue weighted by Gasteiger charge is -2.42. The molecule has 0 unspecified atom stereocenters. The molecular weight excluding hydrogens is 380 g/mol. The summed E-state index contributed by atoms with van der Waals surface area (Å²) in [6.07, 6.45) is 6.31. The number of rotatable bonds is 8. The molecule has 6 heteroatoms. The Balaban J connectivity index is 1.40. The van der Waals surface area contributed by atoms with E-state index in [1.807, 2.05) is 10.6 Å². The maximum atomic E-state index is 12.2. The van der Waals surface area contributed by atoms with Crippen LogP contribution in [-0.2, 0) is 13.1 Å². The SMILES string of the molecule is CCCCCCSc1nc(C)cc(CN2C[C@@H]3C[C@H](C2)c2cccc(=O)n2C3)n1. The molecule has 0 aromatic carbocycles. The van der Waals surface area contributed by atoms with Gasteiger partial charge in [0.15, 0.2) is 5.16 Å². The molecule has 2 aromatic heterocycles. The third-order valence-corrected chi connectivity index (χ3v) is 6.99. The summed E-state index contributed by atoms with van der Waals surface area (Å²) in [7, 11) is 0. The second kappa shape index (κ2) is 9.43. The number of fused-ring (bicyclic) bond motifs is 4. The highest BCUT2D eigenvalue weighted by Crippen LogP contribution is 2.35. The Labute approximate surface area is 177 Å². The summed E-state index contributed by atoms with van der Waals surface area (Å²) in [5.41, 5.74) is 3.54. The first-order valence-electron chi connectivity index (χ1n) is 11.0. The summed E-state index contributed by atoms with van der Waals surface area (Å²) >= 11 is 1.79. The number of unbranched alkanes of at least 4 members (excludes halogenated alkanes) is 3. The van der Waals surface area contributed by atoms with Gasteiger partial charge in [-0.25, -0.2) is 9.97 Å². The van der Waals surface area contributed by atoms with Gasteiger partial charge in [-0.3, -0.25) is 9.69 Å². The first kappa shape index (κ1) is 20.6. The van der Waals surface area contributed by atoms with E-state index < -0.39 is 0 Å². The zero-order valence-corrected chi connectivity index (χ0v) is 18.5. The lowest BCUT2D eigenvalue weighted by atomic mass is 9.83. The average Bonchev–Trinajstić information content (AvgIpc) is 2.68. The smallest absolute Gasteiger partial charge is 0.250 e. The Morgan fingerprint density at radius 1 is 1.14 bits per heavy atom. The molecule has 4 heterocycles. The molecule has 2 aromatic rings. The second-order valence-corrected chi connectivity index (χ2v) is 9.65. The monoisotopic (exact) mass is 412 g/mol. The number of thioether (sulfide) groups is 1. The van der Waals surface area contributed by atoms with Crippen LogP contribution in [0.5, 0.6) is 0 Å². The molecule has 2 atom stereocenters. The third-order valence-electron chi connectivity index (χ3n) is 6.06. The molecule has 4 rings (SSSR count). The quantitative estimate of drug-likeness (QED) is 0.369. The van der Waals surface area contributed by atoms with Crippen LogP contribution in [0.2, 0.25) is 0 Å². The Hall–Kier alpha value is -1.66. The first-order valence-corrected chi connectivity index (χ1v) is 12.0. The highest BCUT2D eigenvalue weighted by Gasteiger charge is 2.34. The first-order chi connectivity index (χ1) is 14.1. The Kier molecular flexibility index (Phi) is 6.70. The van der Waals surface area contributed by atoms with Crippen LogP contribution in [0.15, 0.2) is 34.2 Å². The van der Waals surface area contributed by atoms with Crippen molar-refractivity contribution in [3.63, 3.8) is 0 Å². The van der Waals surface area contributed by atoms with Crippen molar-refractivity contribution in [1.82, 2.24) is 19.4 Å². The largest absolute Gasteiger partial charge is 0.312 e. The molecule has 2 aliphatic heterocycles. The molecule has 0 spiro atoms. The predicted octanol–water partition coefficient (Wildman–Crippen LogP) is 4.24. The molecule has 0 amide bonds. The van der Waals surface area contributed by atoms with Crippen molar-refractivity contribution in [2.75, 3.05) is 18.8 Å². The van der Waals surface area contributed by atoms with Crippen LogP contribution in [0, 0.1) is 12.8 Å². The van der Waals surface area contributed by atoms with Crippen molar-refractivity contribution in [1.29, 1.82) is 0 Å². The van der Waals surface area contributed by atoms with E-state index >= 15 is 0 Å². The van der Waals surface area contributed by atoms with Crippen molar-refractivity contribution in [3.8, 4) is 0 Å². The number of hydrogen-bond donors (Lipinski definition) is 0. The van der Waals surface area contributed by atoms with Gasteiger partial charge in [-0.05, 0) is 37.8 Å². The molecule has 2 aliphatic rings. The minimum atomic E-state index is 0.151. The van der Waals surface area contributed by atoms with Crippen LogP contribution in [0.4, 0.5) is 0 Å². The van der Waals surface area contributed by atoms with E-state index in [1.165, 1.54) is 37.8 Å². The van der Waals surface area contributed by atoms with Crippen LogP contribution >= 0.6 is 11.8 Å². The van der Waals surface area contributed by atoms with Crippen LogP contribution in [-0.4, -0.2) is 38.3 Å². The van der Waals surface area contributed by atoms with Gasteiger partial charge >= 0.3 is 0 Å². The van der Waals surface area contributed by atoms with Crippen molar-refractivity contribution in [2.24, 2.45) is 5.92 Å². The number of pyridine rings is 1. The Bertz CT molecular complexity index is 897. The molecule has 0 aliphatic carbocycles. The van der Waals surface area contributed by atoms with E-state index in [0.29, 0.717) is 11.8 Å². The normalized spacial score (nSPS) is 21.2. The number of likely N-dealkylation sites (tertiary alicyclic amines) is 1. The van der Waals surface area contributed by atoms with Gasteiger partial charge in [0.1, 0.15) is 0 Å². The minimum absolute atomic E-state index is 0.151. The third kappa shape index (κ3) is 5.10. The van der Waals surface area contributed by atoms with E-state index in [-0.39, 0.29) is 5.56 Å². The molecule has 156 valence electrons. The highest BCUT2D eigenvalue weighted by molar-refractivity contribution is 7.99. The molecule has 29 heavy (non-hydrogen) atoms. The van der Waals surface area contributed by atoms with E-state index in [9.17, 15) is 4.79 Å². The van der Waals surface area contributed by atoms with Gasteiger partial charge in [-0.2, -0.15) is 0 Å². The van der Waals surface area contributed by atoms with Gasteiger partial charge in [0.2, 0.25) is 0 Å². The van der Waals surface area contributed by atoms with Crippen LogP contribution in [0.25, 0.3) is 0 Å². The maximum absolute atomic E-state index is 12.2. The maximum Gasteiger partial charge on any atom is 0.250 e. The summed E-state index contributed by atoms with van der Waals surface area (Å²) in [6, 6.07) is 7.86. The van der Waals surface area contributed by atoms with Gasteiger partial charge in [-0.15, -0.1) is 0 Å². The Morgan fingerprint density at radius 2 is 2.03 bits per heavy atom. The van der Waals surface area contributed by atoms with Crippen molar-refractivity contribution in [3.05, 3.63) is 51.7 Å². The van der Waals surface area contributed by atoms with Gasteiger partial charge in [-0.1, -0.05) is 44.0 Å². The molecular formula is C23H32N4OS. The molecule has 0 saturated carbocycles. The molecule has 5 nitrogen and oxygen atoms in total. The topological polar surface area (TPSA) is 51.0 Å². The fourth-order valence-corrected chi connectivity index (χ4v) is 5.72. The van der Waals surface area contributed by atoms with E-state index in [2.05, 4.69) is 35.9 Å². The van der Waals surface area contributed by atoms with E-state index in [1.54, 1.807) is 17.8 Å². The summed E-state index contributed by atoms with van der Waals surface area (Å²) < 4.78 is 2.00. The van der Waals surface area contributed by atoms with Crippen LogP contribution in [0.3, 0.4) is 0 Å². The number of piperidine rings is 1. The fourth-order valence-electron chi connectivity index (χ4n) is 4.80. The van der Waals surface area contributed by atoms with Gasteiger partial charge in [0, 0.05) is 55.3 Å². The summed E-state index contributed by atoms with van der Waals surface area (Å²) in [5, 5.41) is 0.922. The lowest BCUT2D eigenvalue weighted by Crippen LogP contribution is -2.46. The molecule has 0 radical (unpaired) electrons. The fraction of sp³-hybridized carbons (Fsp3) is 0.609. The summed E-state index contributed by atoms with van der Waals surface area (Å²) in [5.74, 6) is 2.10. The Morgan fingerprint density at radius 3 is 2.90 bits per heavy atom.